The first kappa shape index (κ1) is 16.2. The maximum atomic E-state index is 10.7. The van der Waals surface area contributed by atoms with Crippen molar-refractivity contribution in [2.45, 2.75) is 9.79 Å². The molecule has 2 N–H and O–H groups in total. The van der Waals surface area contributed by atoms with Crippen LogP contribution in [0.1, 0.15) is 0 Å². The first-order valence-electron chi connectivity index (χ1n) is 5.12. The number of hydrogen-bond acceptors (Lipinski definition) is 5. The summed E-state index contributed by atoms with van der Waals surface area (Å²) in [5.74, 6) is 0. The SMILES string of the molecule is O=S(=O)(O)c1ccccc1S(=O)(=O)O.c1ccncc1. The quantitative estimate of drug-likeness (QED) is 0.799. The van der Waals surface area contributed by atoms with E-state index < -0.39 is 30.0 Å². The number of benzene rings is 1. The van der Waals surface area contributed by atoms with E-state index >= 15 is 0 Å². The molecule has 1 aromatic carbocycles. The summed E-state index contributed by atoms with van der Waals surface area (Å²) in [4.78, 5) is 2.09. The molecule has 20 heavy (non-hydrogen) atoms. The van der Waals surface area contributed by atoms with Crippen LogP contribution in [0, 0.1) is 0 Å². The second-order valence-corrected chi connectivity index (χ2v) is 6.20. The van der Waals surface area contributed by atoms with Crippen molar-refractivity contribution in [2.24, 2.45) is 0 Å². The fourth-order valence-electron chi connectivity index (χ4n) is 1.19. The molecule has 0 fully saturated rings. The highest BCUT2D eigenvalue weighted by Gasteiger charge is 2.22. The number of rotatable bonds is 2. The van der Waals surface area contributed by atoms with E-state index in [2.05, 4.69) is 4.98 Å². The lowest BCUT2D eigenvalue weighted by molar-refractivity contribution is 0.466. The molecule has 0 saturated heterocycles. The summed E-state index contributed by atoms with van der Waals surface area (Å²) in [5, 5.41) is 0. The number of pyridine rings is 1. The zero-order valence-corrected chi connectivity index (χ0v) is 11.6. The Balaban J connectivity index is 0.000000276. The summed E-state index contributed by atoms with van der Waals surface area (Å²) >= 11 is 0. The highest BCUT2D eigenvalue weighted by atomic mass is 32.2. The third-order valence-electron chi connectivity index (χ3n) is 1.97. The molecule has 2 rings (SSSR count). The topological polar surface area (TPSA) is 122 Å². The fraction of sp³-hybridized carbons (Fsp3) is 0. The van der Waals surface area contributed by atoms with E-state index in [-0.39, 0.29) is 0 Å². The Morgan fingerprint density at radius 2 is 1.10 bits per heavy atom. The zero-order valence-electron chi connectivity index (χ0n) is 9.99. The minimum Gasteiger partial charge on any atom is -0.282 e. The largest absolute Gasteiger partial charge is 0.295 e. The summed E-state index contributed by atoms with van der Waals surface area (Å²) in [6.45, 7) is 0. The molecule has 108 valence electrons. The van der Waals surface area contributed by atoms with Crippen molar-refractivity contribution in [2.75, 3.05) is 0 Å². The standard InChI is InChI=1S/C6H6O6S2.C5H5N/c7-13(8,9)5-3-1-2-4-6(5)14(10,11)12;1-2-4-6-5-3-1/h1-4H,(H,7,8,9)(H,10,11,12);1-5H. The Morgan fingerprint density at radius 1 is 0.700 bits per heavy atom. The van der Waals surface area contributed by atoms with Gasteiger partial charge in [-0.3, -0.25) is 14.1 Å². The van der Waals surface area contributed by atoms with Gasteiger partial charge in [0.05, 0.1) is 0 Å². The second kappa shape index (κ2) is 6.57. The maximum Gasteiger partial charge on any atom is 0.295 e. The molecule has 0 aliphatic heterocycles. The average Bonchev–Trinajstić information content (AvgIpc) is 2.39. The van der Waals surface area contributed by atoms with Gasteiger partial charge in [-0.15, -0.1) is 0 Å². The monoisotopic (exact) mass is 317 g/mol. The van der Waals surface area contributed by atoms with Gasteiger partial charge in [0.15, 0.2) is 0 Å². The minimum absolute atomic E-state index is 0.845. The molecular weight excluding hydrogens is 306 g/mol. The molecule has 0 spiro atoms. The van der Waals surface area contributed by atoms with Crippen molar-refractivity contribution < 1.29 is 25.9 Å². The van der Waals surface area contributed by atoms with E-state index in [1.54, 1.807) is 12.4 Å². The number of nitrogens with zero attached hydrogens (tertiary/aromatic N) is 1. The normalized spacial score (nSPS) is 11.3. The molecule has 9 heteroatoms. The Bertz CT molecular complexity index is 679. The summed E-state index contributed by atoms with van der Waals surface area (Å²) < 4.78 is 60.0. The van der Waals surface area contributed by atoms with Gasteiger partial charge in [-0.1, -0.05) is 18.2 Å². The van der Waals surface area contributed by atoms with Crippen molar-refractivity contribution in [3.05, 3.63) is 54.9 Å². The molecule has 7 nitrogen and oxygen atoms in total. The first-order chi connectivity index (χ1) is 9.23. The van der Waals surface area contributed by atoms with E-state index in [0.29, 0.717) is 0 Å². The van der Waals surface area contributed by atoms with Gasteiger partial charge in [0.1, 0.15) is 9.79 Å². The third-order valence-corrected chi connectivity index (χ3v) is 3.92. The fourth-order valence-corrected chi connectivity index (χ4v) is 2.97. The Morgan fingerprint density at radius 3 is 1.30 bits per heavy atom. The molecule has 1 aromatic heterocycles. The van der Waals surface area contributed by atoms with Crippen molar-refractivity contribution in [1.29, 1.82) is 0 Å². The summed E-state index contributed by atoms with van der Waals surface area (Å²) in [6.07, 6.45) is 3.50. The van der Waals surface area contributed by atoms with Crippen LogP contribution >= 0.6 is 0 Å². The second-order valence-electron chi connectivity index (χ2n) is 3.42. The molecule has 0 bridgehead atoms. The van der Waals surface area contributed by atoms with E-state index in [1.165, 1.54) is 12.1 Å². The molecule has 2 aromatic rings. The van der Waals surface area contributed by atoms with Crippen LogP contribution in [0.25, 0.3) is 0 Å². The highest BCUT2D eigenvalue weighted by molar-refractivity contribution is 7.89. The predicted molar refractivity (Wildman–Crippen MR) is 70.3 cm³/mol. The maximum absolute atomic E-state index is 10.7. The Hall–Kier alpha value is -1.81. The number of aromatic nitrogens is 1. The molecular formula is C11H11NO6S2. The van der Waals surface area contributed by atoms with Crippen molar-refractivity contribution in [1.82, 2.24) is 4.98 Å². The van der Waals surface area contributed by atoms with Crippen LogP contribution < -0.4 is 0 Å². The lowest BCUT2D eigenvalue weighted by Crippen LogP contribution is -2.07. The predicted octanol–water partition coefficient (Wildman–Crippen LogP) is 1.26. The van der Waals surface area contributed by atoms with Crippen molar-refractivity contribution in [3.8, 4) is 0 Å². The van der Waals surface area contributed by atoms with Gasteiger partial charge in [0, 0.05) is 12.4 Å². The van der Waals surface area contributed by atoms with Crippen molar-refractivity contribution >= 4 is 20.2 Å². The Labute approximate surface area is 116 Å². The van der Waals surface area contributed by atoms with Gasteiger partial charge in [-0.05, 0) is 24.3 Å². The van der Waals surface area contributed by atoms with Crippen LogP contribution in [0.4, 0.5) is 0 Å². The van der Waals surface area contributed by atoms with E-state index in [1.807, 2.05) is 18.2 Å². The molecule has 0 atom stereocenters. The molecule has 0 unspecified atom stereocenters. The van der Waals surface area contributed by atoms with Gasteiger partial charge in [0.2, 0.25) is 0 Å². The zero-order chi connectivity index (χ0) is 15.2. The van der Waals surface area contributed by atoms with E-state index in [4.69, 9.17) is 9.11 Å². The van der Waals surface area contributed by atoms with Gasteiger partial charge >= 0.3 is 0 Å². The molecule has 0 saturated carbocycles. The number of hydrogen-bond donors (Lipinski definition) is 2. The van der Waals surface area contributed by atoms with Gasteiger partial charge in [-0.2, -0.15) is 16.8 Å². The highest BCUT2D eigenvalue weighted by Crippen LogP contribution is 2.19. The lowest BCUT2D eigenvalue weighted by atomic mass is 10.4. The van der Waals surface area contributed by atoms with Crippen molar-refractivity contribution in [3.63, 3.8) is 0 Å². The van der Waals surface area contributed by atoms with E-state index in [0.717, 1.165) is 12.1 Å². The van der Waals surface area contributed by atoms with Gasteiger partial charge in [-0.25, -0.2) is 0 Å². The summed E-state index contributed by atoms with van der Waals surface area (Å²) in [6, 6.07) is 9.90. The van der Waals surface area contributed by atoms with Crippen LogP contribution in [-0.4, -0.2) is 30.9 Å². The molecule has 1 heterocycles. The van der Waals surface area contributed by atoms with E-state index in [9.17, 15) is 16.8 Å². The van der Waals surface area contributed by atoms with Gasteiger partial charge < -0.3 is 0 Å². The Kier molecular flexibility index (Phi) is 5.34. The minimum atomic E-state index is -4.66. The molecule has 0 aliphatic carbocycles. The molecule has 0 aliphatic rings. The first-order valence-corrected chi connectivity index (χ1v) is 8.00. The van der Waals surface area contributed by atoms with Crippen LogP contribution in [0.5, 0.6) is 0 Å². The summed E-state index contributed by atoms with van der Waals surface area (Å²) in [5.41, 5.74) is 0. The van der Waals surface area contributed by atoms with Crippen LogP contribution in [0.2, 0.25) is 0 Å². The van der Waals surface area contributed by atoms with Crippen LogP contribution in [0.3, 0.4) is 0 Å². The van der Waals surface area contributed by atoms with Gasteiger partial charge in [0.25, 0.3) is 20.2 Å². The molecule has 0 radical (unpaired) electrons. The lowest BCUT2D eigenvalue weighted by Gasteiger charge is -2.02. The average molecular weight is 317 g/mol. The third kappa shape index (κ3) is 5.05. The van der Waals surface area contributed by atoms with Crippen LogP contribution in [-0.2, 0) is 20.2 Å². The van der Waals surface area contributed by atoms with Crippen LogP contribution in [0.15, 0.2) is 64.6 Å². The smallest absolute Gasteiger partial charge is 0.282 e. The molecule has 0 amide bonds. The summed E-state index contributed by atoms with van der Waals surface area (Å²) in [7, 11) is -9.31.